The predicted octanol–water partition coefficient (Wildman–Crippen LogP) is -3.83. The molecule has 0 aliphatic heterocycles. The van der Waals surface area contributed by atoms with Gasteiger partial charge in [-0.2, -0.15) is 0 Å². The number of hydrogen-bond acceptors (Lipinski definition) is 12. The molecule has 0 saturated carbocycles. The van der Waals surface area contributed by atoms with Crippen molar-refractivity contribution in [2.75, 3.05) is 18.8 Å². The summed E-state index contributed by atoms with van der Waals surface area (Å²) in [6.07, 6.45) is -2.59. The van der Waals surface area contributed by atoms with Gasteiger partial charge >= 0.3 is 5.69 Å². The molecule has 0 unspecified atom stereocenters. The van der Waals surface area contributed by atoms with E-state index >= 15 is 0 Å². The lowest BCUT2D eigenvalue weighted by molar-refractivity contribution is -0.385. The number of anilines is 1. The van der Waals surface area contributed by atoms with E-state index in [2.05, 4.69) is 26.6 Å². The van der Waals surface area contributed by atoms with E-state index in [0.29, 0.717) is 0 Å². The average molecular weight is 674 g/mol. The third-order valence-electron chi connectivity index (χ3n) is 6.51. The molecule has 7 amide bonds. The highest BCUT2D eigenvalue weighted by atomic mass is 16.6. The van der Waals surface area contributed by atoms with Crippen molar-refractivity contribution < 1.29 is 48.7 Å². The lowest BCUT2D eigenvalue weighted by Gasteiger charge is -2.23. The maximum absolute atomic E-state index is 12.9. The fourth-order valence-corrected chi connectivity index (χ4v) is 4.10. The first-order valence-electron chi connectivity index (χ1n) is 14.0. The molecule has 0 spiro atoms. The Kier molecular flexibility index (Phi) is 13.7. The number of aromatic hydroxyl groups is 1. The van der Waals surface area contributed by atoms with Crippen LogP contribution in [-0.2, 0) is 35.2 Å². The molecule has 13 N–H and O–H groups in total. The number of nitro benzene ring substituents is 1. The van der Waals surface area contributed by atoms with Gasteiger partial charge in [0.2, 0.25) is 35.4 Å². The number of phenols is 1. The van der Waals surface area contributed by atoms with Crippen molar-refractivity contribution in [3.63, 3.8) is 0 Å². The summed E-state index contributed by atoms with van der Waals surface area (Å²) in [5, 5.41) is 41.8. The molecule has 2 aromatic rings. The Balaban J connectivity index is 2.00. The molecule has 4 atom stereocenters. The molecule has 0 radical (unpaired) electrons. The van der Waals surface area contributed by atoms with Gasteiger partial charge in [-0.25, -0.2) is 0 Å². The third kappa shape index (κ3) is 11.6. The number of carbonyl (C=O) groups is 7. The number of para-hydroxylation sites is 1. The Morgan fingerprint density at radius 2 is 1.50 bits per heavy atom. The summed E-state index contributed by atoms with van der Waals surface area (Å²) in [7, 11) is 0. The molecule has 20 nitrogen and oxygen atoms in total. The third-order valence-corrected chi connectivity index (χ3v) is 6.51. The molecule has 0 heterocycles. The molecular formula is C28H35N9O11. The maximum atomic E-state index is 12.9. The van der Waals surface area contributed by atoms with Crippen LogP contribution < -0.4 is 43.8 Å². The number of nitrogen functional groups attached to an aromatic ring is 1. The summed E-state index contributed by atoms with van der Waals surface area (Å²) < 4.78 is 0. The van der Waals surface area contributed by atoms with Crippen molar-refractivity contribution in [3.05, 3.63) is 63.7 Å². The van der Waals surface area contributed by atoms with E-state index < -0.39 is 101 Å². The largest absolute Gasteiger partial charge is 0.502 e. The minimum atomic E-state index is -1.67. The van der Waals surface area contributed by atoms with Crippen LogP contribution in [0.2, 0.25) is 0 Å². The molecule has 258 valence electrons. The van der Waals surface area contributed by atoms with E-state index in [4.69, 9.17) is 17.2 Å². The first-order valence-corrected chi connectivity index (χ1v) is 14.0. The zero-order chi connectivity index (χ0) is 36.1. The summed E-state index contributed by atoms with van der Waals surface area (Å²) in [5.74, 6) is -7.45. The van der Waals surface area contributed by atoms with Gasteiger partial charge in [-0.3, -0.25) is 43.7 Å². The topological polar surface area (TPSA) is 341 Å². The number of benzene rings is 2. The number of carbonyl (C=O) groups excluding carboxylic acids is 7. The maximum Gasteiger partial charge on any atom is 0.310 e. The van der Waals surface area contributed by atoms with Crippen LogP contribution in [0.15, 0.2) is 42.5 Å². The van der Waals surface area contributed by atoms with Crippen LogP contribution >= 0.6 is 0 Å². The molecule has 20 heteroatoms. The van der Waals surface area contributed by atoms with Crippen molar-refractivity contribution in [2.24, 2.45) is 11.5 Å². The van der Waals surface area contributed by atoms with Crippen LogP contribution in [0.1, 0.15) is 29.3 Å². The summed E-state index contributed by atoms with van der Waals surface area (Å²) in [6, 6.07) is 4.56. The smallest absolute Gasteiger partial charge is 0.310 e. The van der Waals surface area contributed by atoms with Crippen molar-refractivity contribution in [1.82, 2.24) is 26.6 Å². The molecule has 0 aliphatic carbocycles. The Hall–Kier alpha value is -6.31. The second kappa shape index (κ2) is 17.4. The minimum Gasteiger partial charge on any atom is -0.502 e. The number of nitrogens with two attached hydrogens (primary N) is 3. The number of amides is 7. The van der Waals surface area contributed by atoms with Crippen LogP contribution in [-0.4, -0.2) is 93.8 Å². The number of hydrogen-bond donors (Lipinski definition) is 10. The van der Waals surface area contributed by atoms with Crippen molar-refractivity contribution >= 4 is 52.7 Å². The number of aliphatic hydroxyl groups excluding tert-OH is 1. The second-order valence-electron chi connectivity index (χ2n) is 10.3. The summed E-state index contributed by atoms with van der Waals surface area (Å²) in [4.78, 5) is 96.7. The molecule has 2 rings (SSSR count). The number of phenolic OH excluding ortho intramolecular Hbond substituents is 1. The quantitative estimate of drug-likeness (QED) is 0.0439. The highest BCUT2D eigenvalue weighted by Gasteiger charge is 2.30. The molecule has 0 aliphatic rings. The fourth-order valence-electron chi connectivity index (χ4n) is 4.10. The Morgan fingerprint density at radius 1 is 0.875 bits per heavy atom. The number of nitrogens with one attached hydrogen (secondary N) is 5. The minimum absolute atomic E-state index is 0.109. The van der Waals surface area contributed by atoms with E-state index in [1.165, 1.54) is 25.1 Å². The highest BCUT2D eigenvalue weighted by molar-refractivity contribution is 6.01. The molecule has 0 fully saturated rings. The van der Waals surface area contributed by atoms with Crippen LogP contribution in [0.3, 0.4) is 0 Å². The van der Waals surface area contributed by atoms with Gasteiger partial charge in [0.05, 0.1) is 36.1 Å². The van der Waals surface area contributed by atoms with Crippen molar-refractivity contribution in [2.45, 2.75) is 44.0 Å². The van der Waals surface area contributed by atoms with Crippen LogP contribution in [0.25, 0.3) is 0 Å². The Labute approximate surface area is 271 Å². The van der Waals surface area contributed by atoms with Crippen LogP contribution in [0.4, 0.5) is 11.4 Å². The van der Waals surface area contributed by atoms with Gasteiger partial charge in [0.25, 0.3) is 5.91 Å². The SMILES string of the molecule is C[C@@H](O)[C@H](NC(=O)CNC(=O)c1ccccc1N)C(=O)NCC(=O)N[C@@H](CC(N)=O)C(=O)N[C@@H](Cc1ccc(O)c([N+](=O)[O-])c1)C(N)=O. The van der Waals surface area contributed by atoms with Gasteiger partial charge in [-0.1, -0.05) is 18.2 Å². The van der Waals surface area contributed by atoms with E-state index in [9.17, 15) is 53.9 Å². The predicted molar refractivity (Wildman–Crippen MR) is 165 cm³/mol. The van der Waals surface area contributed by atoms with E-state index in [-0.39, 0.29) is 23.2 Å². The first kappa shape index (κ1) is 37.9. The molecule has 2 aromatic carbocycles. The Morgan fingerprint density at radius 3 is 2.08 bits per heavy atom. The zero-order valence-electron chi connectivity index (χ0n) is 25.4. The molecule has 0 saturated heterocycles. The monoisotopic (exact) mass is 673 g/mol. The number of nitrogens with zero attached hydrogens (tertiary/aromatic N) is 1. The van der Waals surface area contributed by atoms with Crippen molar-refractivity contribution in [3.8, 4) is 5.75 Å². The zero-order valence-corrected chi connectivity index (χ0v) is 25.4. The second-order valence-corrected chi connectivity index (χ2v) is 10.3. The van der Waals surface area contributed by atoms with Gasteiger partial charge in [0, 0.05) is 18.2 Å². The van der Waals surface area contributed by atoms with Gasteiger partial charge < -0.3 is 54.0 Å². The van der Waals surface area contributed by atoms with Gasteiger partial charge in [0.15, 0.2) is 5.75 Å². The average Bonchev–Trinajstić information content (AvgIpc) is 3.01. The molecule has 0 aromatic heterocycles. The van der Waals surface area contributed by atoms with E-state index in [1.807, 2.05) is 0 Å². The normalized spacial score (nSPS) is 13.0. The summed E-state index contributed by atoms with van der Waals surface area (Å²) in [6.45, 7) is -0.239. The summed E-state index contributed by atoms with van der Waals surface area (Å²) >= 11 is 0. The number of aliphatic hydroxyl groups is 1. The fraction of sp³-hybridized carbons (Fsp3) is 0.321. The first-order chi connectivity index (χ1) is 22.5. The van der Waals surface area contributed by atoms with E-state index in [1.54, 1.807) is 12.1 Å². The number of nitro groups is 1. The van der Waals surface area contributed by atoms with Gasteiger partial charge in [-0.15, -0.1) is 0 Å². The highest BCUT2D eigenvalue weighted by Crippen LogP contribution is 2.26. The molecule has 0 bridgehead atoms. The summed E-state index contributed by atoms with van der Waals surface area (Å²) in [5.41, 5.74) is 16.0. The van der Waals surface area contributed by atoms with E-state index in [0.717, 1.165) is 12.1 Å². The number of rotatable bonds is 17. The standard InChI is InChI=1S/C28H35N9O11/c1-13(38)24(36-23(42)12-32-26(44)15-4-2-3-5-16(15)29)28(46)33-11-22(41)34-18(10-21(30)40)27(45)35-17(25(31)43)8-14-6-7-20(39)19(9-14)37(47)48/h2-7,9,13,17-18,24,38-39H,8,10-12,29H2,1H3,(H2,30,40)(H2,31,43)(H,32,44)(H,33,46)(H,34,41)(H,35,45)(H,36,42)/t13-,17+,18+,24+/m1/s1. The van der Waals surface area contributed by atoms with Crippen LogP contribution in [0, 0.1) is 10.1 Å². The number of primary amides is 2. The molecule has 48 heavy (non-hydrogen) atoms. The van der Waals surface area contributed by atoms with Gasteiger partial charge in [-0.05, 0) is 30.7 Å². The van der Waals surface area contributed by atoms with Crippen molar-refractivity contribution in [1.29, 1.82) is 0 Å². The Bertz CT molecular complexity index is 1580. The van der Waals surface area contributed by atoms with Gasteiger partial charge in [0.1, 0.15) is 18.1 Å². The van der Waals surface area contributed by atoms with Crippen LogP contribution in [0.5, 0.6) is 5.75 Å². The molecular weight excluding hydrogens is 638 g/mol. The lowest BCUT2D eigenvalue weighted by atomic mass is 10.0. The lowest BCUT2D eigenvalue weighted by Crippen LogP contribution is -2.57.